The van der Waals surface area contributed by atoms with E-state index in [1.54, 1.807) is 0 Å². The van der Waals surface area contributed by atoms with Crippen LogP contribution in [-0.4, -0.2) is 16.6 Å². The van der Waals surface area contributed by atoms with E-state index in [0.717, 1.165) is 18.6 Å². The number of hydrogen-bond donors (Lipinski definition) is 1. The van der Waals surface area contributed by atoms with Crippen molar-refractivity contribution < 1.29 is 4.79 Å². The van der Waals surface area contributed by atoms with Crippen LogP contribution in [0, 0.1) is 23.7 Å². The highest BCUT2D eigenvalue weighted by Gasteiger charge is 2.48. The van der Waals surface area contributed by atoms with E-state index in [1.807, 2.05) is 6.20 Å². The van der Waals surface area contributed by atoms with Crippen molar-refractivity contribution >= 4 is 11.5 Å². The number of carbonyl (C=O) groups is 1. The number of hydrazone groups is 1. The van der Waals surface area contributed by atoms with Gasteiger partial charge in [0.2, 0.25) is 0 Å². The second-order valence-electron chi connectivity index (χ2n) is 5.72. The molecule has 2 bridgehead atoms. The fraction of sp³-hybridized carbons (Fsp3) is 0.692. The van der Waals surface area contributed by atoms with Crippen molar-refractivity contribution in [3.8, 4) is 0 Å². The molecule has 1 aliphatic heterocycles. The summed E-state index contributed by atoms with van der Waals surface area (Å²) >= 11 is 0. The van der Waals surface area contributed by atoms with Crippen LogP contribution in [0.15, 0.2) is 16.9 Å². The lowest BCUT2D eigenvalue weighted by atomic mass is 9.59. The molecule has 17 heavy (non-hydrogen) atoms. The molecule has 4 rings (SSSR count). The molecule has 0 amide bonds. The number of nitrogens with two attached hydrogens (primary N) is 1. The molecule has 0 radical (unpaired) electrons. The zero-order valence-electron chi connectivity index (χ0n) is 10.4. The van der Waals surface area contributed by atoms with Crippen LogP contribution < -0.4 is 5.84 Å². The third kappa shape index (κ3) is 1.54. The first-order valence-electron chi connectivity index (χ1n) is 6.44. The maximum atomic E-state index is 12.0. The van der Waals surface area contributed by atoms with Crippen molar-refractivity contribution in [1.29, 1.82) is 0 Å². The van der Waals surface area contributed by atoms with E-state index in [4.69, 9.17) is 5.84 Å². The van der Waals surface area contributed by atoms with Gasteiger partial charge in [-0.3, -0.25) is 4.79 Å². The van der Waals surface area contributed by atoms with Crippen LogP contribution in [0.1, 0.15) is 33.1 Å². The number of Topliss-reactive ketones (excluding diaryl/α,β-unsaturated/α-hetero) is 1. The summed E-state index contributed by atoms with van der Waals surface area (Å²) in [5.74, 6) is 7.43. The predicted octanol–water partition coefficient (Wildman–Crippen LogP) is 1.69. The summed E-state index contributed by atoms with van der Waals surface area (Å²) in [5.41, 5.74) is 2.44. The predicted molar refractivity (Wildman–Crippen MR) is 65.7 cm³/mol. The number of rotatable bonds is 1. The van der Waals surface area contributed by atoms with E-state index >= 15 is 0 Å². The molecular formula is C13H19N3O. The standard InChI is InChI=1S/C13H19N3O/c1-7(2)13-12-9-4-3-8(5-11(9)17)10(12)6-16(14)15-13/h6-9,12H,3-5,14H2,1-2H3. The number of nitrogens with zero attached hydrogens (tertiary/aromatic N) is 2. The lowest BCUT2D eigenvalue weighted by molar-refractivity contribution is -0.128. The van der Waals surface area contributed by atoms with Gasteiger partial charge in [-0.15, -0.1) is 0 Å². The maximum Gasteiger partial charge on any atom is 0.137 e. The molecular weight excluding hydrogens is 214 g/mol. The molecule has 0 aromatic carbocycles. The molecule has 0 aromatic rings. The number of hydrogen-bond acceptors (Lipinski definition) is 4. The smallest absolute Gasteiger partial charge is 0.137 e. The first-order valence-corrected chi connectivity index (χ1v) is 6.44. The lowest BCUT2D eigenvalue weighted by Gasteiger charge is -2.46. The van der Waals surface area contributed by atoms with Crippen LogP contribution in [0.5, 0.6) is 0 Å². The van der Waals surface area contributed by atoms with Gasteiger partial charge in [0.05, 0.1) is 5.71 Å². The van der Waals surface area contributed by atoms with E-state index in [0.29, 0.717) is 24.0 Å². The monoisotopic (exact) mass is 233 g/mol. The van der Waals surface area contributed by atoms with Gasteiger partial charge < -0.3 is 0 Å². The number of ketones is 1. The van der Waals surface area contributed by atoms with Crippen LogP contribution in [0.25, 0.3) is 0 Å². The average Bonchev–Trinajstić information content (AvgIpc) is 2.28. The molecule has 2 N–H and O–H groups in total. The van der Waals surface area contributed by atoms with Crippen LogP contribution in [0.4, 0.5) is 0 Å². The summed E-state index contributed by atoms with van der Waals surface area (Å²) in [4.78, 5) is 12.0. The molecule has 0 spiro atoms. The molecule has 3 saturated carbocycles. The maximum absolute atomic E-state index is 12.0. The van der Waals surface area contributed by atoms with Crippen molar-refractivity contribution in [2.45, 2.75) is 33.1 Å². The highest BCUT2D eigenvalue weighted by Crippen LogP contribution is 2.49. The molecule has 3 aliphatic carbocycles. The van der Waals surface area contributed by atoms with Gasteiger partial charge in [-0.1, -0.05) is 13.8 Å². The normalized spacial score (nSPS) is 35.9. The molecule has 3 atom stereocenters. The quantitative estimate of drug-likeness (QED) is 0.701. The van der Waals surface area contributed by atoms with Crippen LogP contribution in [0.2, 0.25) is 0 Å². The van der Waals surface area contributed by atoms with Gasteiger partial charge in [0.1, 0.15) is 5.78 Å². The number of allylic oxidation sites excluding steroid dienone is 1. The third-order valence-corrected chi connectivity index (χ3v) is 4.34. The van der Waals surface area contributed by atoms with Crippen molar-refractivity contribution in [1.82, 2.24) is 5.12 Å². The first-order chi connectivity index (χ1) is 8.08. The van der Waals surface area contributed by atoms with Crippen LogP contribution in [0.3, 0.4) is 0 Å². The molecule has 4 aliphatic rings. The van der Waals surface area contributed by atoms with Crippen LogP contribution >= 0.6 is 0 Å². The molecule has 0 aromatic heterocycles. The number of hydrazine groups is 1. The molecule has 3 unspecified atom stereocenters. The Morgan fingerprint density at radius 3 is 2.88 bits per heavy atom. The largest absolute Gasteiger partial charge is 0.299 e. The second kappa shape index (κ2) is 3.67. The van der Waals surface area contributed by atoms with Gasteiger partial charge in [0.15, 0.2) is 0 Å². The van der Waals surface area contributed by atoms with Crippen molar-refractivity contribution in [3.05, 3.63) is 11.8 Å². The Kier molecular flexibility index (Phi) is 2.36. The average molecular weight is 233 g/mol. The minimum Gasteiger partial charge on any atom is -0.299 e. The van der Waals surface area contributed by atoms with Crippen LogP contribution in [-0.2, 0) is 4.79 Å². The molecule has 4 heteroatoms. The Morgan fingerprint density at radius 2 is 2.24 bits per heavy atom. The highest BCUT2D eigenvalue weighted by molar-refractivity contribution is 5.98. The Balaban J connectivity index is 2.04. The van der Waals surface area contributed by atoms with Gasteiger partial charge in [-0.05, 0) is 30.3 Å². The van der Waals surface area contributed by atoms with E-state index in [2.05, 4.69) is 18.9 Å². The SMILES string of the molecule is CC(C)C1=NN(N)C=C2C3CCC(C(=O)C3)C21. The van der Waals surface area contributed by atoms with Crippen molar-refractivity contribution in [2.75, 3.05) is 0 Å². The first kappa shape index (κ1) is 11.0. The third-order valence-electron chi connectivity index (χ3n) is 4.34. The minimum absolute atomic E-state index is 0.168. The summed E-state index contributed by atoms with van der Waals surface area (Å²) in [6, 6.07) is 0. The zero-order valence-corrected chi connectivity index (χ0v) is 10.4. The number of carbonyl (C=O) groups excluding carboxylic acids is 1. The Morgan fingerprint density at radius 1 is 1.47 bits per heavy atom. The molecule has 4 nitrogen and oxygen atoms in total. The summed E-state index contributed by atoms with van der Waals surface area (Å²) in [5, 5.41) is 5.86. The Hall–Kier alpha value is -1.16. The van der Waals surface area contributed by atoms with Gasteiger partial charge in [0.25, 0.3) is 0 Å². The van der Waals surface area contributed by atoms with Gasteiger partial charge in [-0.25, -0.2) is 11.0 Å². The van der Waals surface area contributed by atoms with E-state index < -0.39 is 0 Å². The topological polar surface area (TPSA) is 58.7 Å². The summed E-state index contributed by atoms with van der Waals surface area (Å²) < 4.78 is 0. The highest BCUT2D eigenvalue weighted by atomic mass is 16.1. The lowest BCUT2D eigenvalue weighted by Crippen LogP contribution is -2.48. The fourth-order valence-electron chi connectivity index (χ4n) is 3.58. The Labute approximate surface area is 102 Å². The molecule has 92 valence electrons. The molecule has 3 fully saturated rings. The van der Waals surface area contributed by atoms with Gasteiger partial charge in [-0.2, -0.15) is 5.10 Å². The number of fused-ring (bicyclic) bond motifs is 2. The molecule has 0 saturated heterocycles. The van der Waals surface area contributed by atoms with E-state index in [-0.39, 0.29) is 11.8 Å². The van der Waals surface area contributed by atoms with E-state index in [1.165, 1.54) is 10.7 Å². The zero-order chi connectivity index (χ0) is 12.2. The van der Waals surface area contributed by atoms with E-state index in [9.17, 15) is 4.79 Å². The Bertz CT molecular complexity index is 410. The van der Waals surface area contributed by atoms with Crippen molar-refractivity contribution in [2.24, 2.45) is 34.6 Å². The summed E-state index contributed by atoms with van der Waals surface area (Å²) in [6.45, 7) is 4.25. The summed E-state index contributed by atoms with van der Waals surface area (Å²) in [7, 11) is 0. The minimum atomic E-state index is 0.168. The van der Waals surface area contributed by atoms with Gasteiger partial charge >= 0.3 is 0 Å². The second-order valence-corrected chi connectivity index (χ2v) is 5.72. The fourth-order valence-corrected chi connectivity index (χ4v) is 3.58. The molecule has 1 heterocycles. The summed E-state index contributed by atoms with van der Waals surface area (Å²) in [6.07, 6.45) is 4.83. The van der Waals surface area contributed by atoms with Gasteiger partial charge in [0, 0.05) is 24.5 Å². The van der Waals surface area contributed by atoms with Crippen molar-refractivity contribution in [3.63, 3.8) is 0 Å².